The number of carbonyl (C=O) groups is 2. The molecule has 0 radical (unpaired) electrons. The van der Waals surface area contributed by atoms with Crippen molar-refractivity contribution >= 4 is 12.1 Å². The Balaban J connectivity index is 2.14. The lowest BCUT2D eigenvalue weighted by atomic mass is 9.64. The summed E-state index contributed by atoms with van der Waals surface area (Å²) in [5.74, 6) is -0.613. The first-order valence-corrected chi connectivity index (χ1v) is 5.32. The van der Waals surface area contributed by atoms with Crippen LogP contribution in [0.1, 0.15) is 13.3 Å². The van der Waals surface area contributed by atoms with Gasteiger partial charge in [-0.05, 0) is 18.3 Å². The van der Waals surface area contributed by atoms with E-state index in [1.807, 2.05) is 6.92 Å². The van der Waals surface area contributed by atoms with Crippen molar-refractivity contribution in [3.05, 3.63) is 12.7 Å². The van der Waals surface area contributed by atoms with Crippen molar-refractivity contribution in [1.29, 1.82) is 0 Å². The number of carbonyl (C=O) groups excluding carboxylic acids is 1. The molecule has 5 heteroatoms. The van der Waals surface area contributed by atoms with Crippen molar-refractivity contribution in [2.24, 2.45) is 11.8 Å². The SMILES string of the molecule is C=CCOC(=O)N1C[C@H]2C[C@]1(C(=O)O)[C@H]2C. The lowest BCUT2D eigenvalue weighted by Crippen LogP contribution is -2.59. The molecule has 0 aromatic rings. The van der Waals surface area contributed by atoms with Crippen LogP contribution in [0.25, 0.3) is 0 Å². The molecule has 0 aromatic heterocycles. The Hall–Kier alpha value is -1.52. The molecule has 3 atom stereocenters. The Morgan fingerprint density at radius 1 is 1.69 bits per heavy atom. The Labute approximate surface area is 93.7 Å². The van der Waals surface area contributed by atoms with Crippen molar-refractivity contribution in [3.8, 4) is 0 Å². The van der Waals surface area contributed by atoms with E-state index < -0.39 is 17.6 Å². The van der Waals surface area contributed by atoms with Crippen LogP contribution in [-0.2, 0) is 9.53 Å². The third-order valence-electron chi connectivity index (χ3n) is 3.85. The molecule has 1 amide bonds. The Morgan fingerprint density at radius 2 is 2.38 bits per heavy atom. The quantitative estimate of drug-likeness (QED) is 0.730. The highest BCUT2D eigenvalue weighted by Gasteiger charge is 2.68. The van der Waals surface area contributed by atoms with Crippen LogP contribution in [0.15, 0.2) is 12.7 Å². The van der Waals surface area contributed by atoms with Gasteiger partial charge in [0.05, 0.1) is 0 Å². The van der Waals surface area contributed by atoms with Crippen molar-refractivity contribution in [3.63, 3.8) is 0 Å². The summed E-state index contributed by atoms with van der Waals surface area (Å²) in [4.78, 5) is 24.3. The van der Waals surface area contributed by atoms with Gasteiger partial charge in [0.25, 0.3) is 0 Å². The van der Waals surface area contributed by atoms with Crippen LogP contribution in [-0.4, -0.2) is 40.8 Å². The van der Waals surface area contributed by atoms with E-state index >= 15 is 0 Å². The second kappa shape index (κ2) is 3.50. The topological polar surface area (TPSA) is 66.8 Å². The van der Waals surface area contributed by atoms with Gasteiger partial charge in [0.15, 0.2) is 0 Å². The van der Waals surface area contributed by atoms with Gasteiger partial charge in [0.1, 0.15) is 12.1 Å². The van der Waals surface area contributed by atoms with Crippen LogP contribution in [0.3, 0.4) is 0 Å². The lowest BCUT2D eigenvalue weighted by molar-refractivity contribution is -0.156. The molecule has 88 valence electrons. The minimum atomic E-state index is -1.02. The minimum Gasteiger partial charge on any atom is -0.479 e. The number of hydrogen-bond donors (Lipinski definition) is 1. The number of aliphatic carboxylic acids is 1. The third-order valence-corrected chi connectivity index (χ3v) is 3.85. The predicted molar refractivity (Wildman–Crippen MR) is 55.9 cm³/mol. The maximum absolute atomic E-state index is 11.7. The smallest absolute Gasteiger partial charge is 0.411 e. The fourth-order valence-electron chi connectivity index (χ4n) is 2.81. The normalized spacial score (nSPS) is 35.4. The van der Waals surface area contributed by atoms with E-state index in [1.165, 1.54) is 11.0 Å². The monoisotopic (exact) mass is 225 g/mol. The van der Waals surface area contributed by atoms with Gasteiger partial charge in [-0.15, -0.1) is 0 Å². The van der Waals surface area contributed by atoms with E-state index in [4.69, 9.17) is 4.74 Å². The highest BCUT2D eigenvalue weighted by atomic mass is 16.6. The molecule has 1 saturated carbocycles. The molecule has 0 spiro atoms. The third kappa shape index (κ3) is 1.17. The number of rotatable bonds is 3. The van der Waals surface area contributed by atoms with Crippen LogP contribution in [0.4, 0.5) is 4.79 Å². The van der Waals surface area contributed by atoms with E-state index in [-0.39, 0.29) is 12.5 Å². The first-order valence-electron chi connectivity index (χ1n) is 5.32. The van der Waals surface area contributed by atoms with Gasteiger partial charge in [-0.3, -0.25) is 4.90 Å². The zero-order valence-electron chi connectivity index (χ0n) is 9.18. The molecule has 5 nitrogen and oxygen atoms in total. The molecule has 2 saturated heterocycles. The second-order valence-corrected chi connectivity index (χ2v) is 4.46. The van der Waals surface area contributed by atoms with Gasteiger partial charge in [0.2, 0.25) is 0 Å². The Bertz CT molecular complexity index is 354. The number of amides is 1. The van der Waals surface area contributed by atoms with Gasteiger partial charge in [-0.1, -0.05) is 19.6 Å². The molecule has 0 unspecified atom stereocenters. The van der Waals surface area contributed by atoms with E-state index in [0.717, 1.165) is 0 Å². The summed E-state index contributed by atoms with van der Waals surface area (Å²) < 4.78 is 4.90. The number of carboxylic acids is 1. The second-order valence-electron chi connectivity index (χ2n) is 4.46. The number of hydrogen-bond acceptors (Lipinski definition) is 3. The Morgan fingerprint density at radius 3 is 2.88 bits per heavy atom. The van der Waals surface area contributed by atoms with E-state index in [1.54, 1.807) is 0 Å². The zero-order chi connectivity index (χ0) is 11.9. The summed E-state index contributed by atoms with van der Waals surface area (Å²) in [5.41, 5.74) is -1.02. The largest absolute Gasteiger partial charge is 0.479 e. The average molecular weight is 225 g/mol. The summed E-state index contributed by atoms with van der Waals surface area (Å²) in [5, 5.41) is 9.26. The zero-order valence-corrected chi connectivity index (χ0v) is 9.18. The van der Waals surface area contributed by atoms with Gasteiger partial charge in [-0.25, -0.2) is 9.59 Å². The van der Waals surface area contributed by atoms with Crippen LogP contribution >= 0.6 is 0 Å². The summed E-state index contributed by atoms with van der Waals surface area (Å²) in [6, 6.07) is 0. The lowest BCUT2D eigenvalue weighted by Gasteiger charge is -2.43. The maximum atomic E-state index is 11.7. The fraction of sp³-hybridized carbons (Fsp3) is 0.636. The highest BCUT2D eigenvalue weighted by molar-refractivity contribution is 5.87. The van der Waals surface area contributed by atoms with Crippen LogP contribution in [0.5, 0.6) is 0 Å². The molecule has 3 fully saturated rings. The van der Waals surface area contributed by atoms with Crippen molar-refractivity contribution < 1.29 is 19.4 Å². The van der Waals surface area contributed by atoms with Crippen molar-refractivity contribution in [2.75, 3.05) is 13.2 Å². The summed E-state index contributed by atoms with van der Waals surface area (Å²) in [6.07, 6.45) is 1.47. The minimum absolute atomic E-state index is 0.0151. The fourth-order valence-corrected chi connectivity index (χ4v) is 2.81. The average Bonchev–Trinajstić information content (AvgIpc) is 2.78. The van der Waals surface area contributed by atoms with E-state index in [2.05, 4.69) is 6.58 Å². The standard InChI is InChI=1S/C11H15NO4/c1-3-4-16-10(15)12-6-8-5-11(12,7(8)2)9(13)14/h3,7-8H,1,4-6H2,2H3,(H,13,14)/t7-,8+,11+/m0/s1. The van der Waals surface area contributed by atoms with Crippen molar-refractivity contribution in [1.82, 2.24) is 4.90 Å². The van der Waals surface area contributed by atoms with Crippen LogP contribution < -0.4 is 0 Å². The Kier molecular flexibility index (Phi) is 2.40. The van der Waals surface area contributed by atoms with Gasteiger partial charge in [-0.2, -0.15) is 0 Å². The van der Waals surface area contributed by atoms with Gasteiger partial charge < -0.3 is 9.84 Å². The predicted octanol–water partition coefficient (Wildman–Crippen LogP) is 1.10. The van der Waals surface area contributed by atoms with E-state index in [0.29, 0.717) is 18.9 Å². The number of ether oxygens (including phenoxy) is 1. The molecule has 3 rings (SSSR count). The first-order chi connectivity index (χ1) is 7.54. The summed E-state index contributed by atoms with van der Waals surface area (Å²) in [6.45, 7) is 5.93. The van der Waals surface area contributed by atoms with Crippen molar-refractivity contribution in [2.45, 2.75) is 18.9 Å². The number of fused-ring (bicyclic) bond motifs is 1. The van der Waals surface area contributed by atoms with Gasteiger partial charge in [0, 0.05) is 6.54 Å². The van der Waals surface area contributed by atoms with Crippen LogP contribution in [0.2, 0.25) is 0 Å². The molecule has 1 N–H and O–H groups in total. The van der Waals surface area contributed by atoms with Crippen LogP contribution in [0, 0.1) is 11.8 Å². The molecular weight excluding hydrogens is 210 g/mol. The molecule has 3 aliphatic rings. The summed E-state index contributed by atoms with van der Waals surface area (Å²) >= 11 is 0. The molecule has 2 bridgehead atoms. The maximum Gasteiger partial charge on any atom is 0.411 e. The first kappa shape index (κ1) is 11.0. The van der Waals surface area contributed by atoms with Gasteiger partial charge >= 0.3 is 12.1 Å². The molecule has 2 heterocycles. The molecule has 0 aromatic carbocycles. The molecule has 16 heavy (non-hydrogen) atoms. The molecule has 2 aliphatic heterocycles. The molecule has 1 aliphatic carbocycles. The molecular formula is C11H15NO4. The highest BCUT2D eigenvalue weighted by Crippen LogP contribution is 2.55. The number of carboxylic acid groups (broad SMARTS) is 1. The number of nitrogens with zero attached hydrogens (tertiary/aromatic N) is 1. The van der Waals surface area contributed by atoms with E-state index in [9.17, 15) is 14.7 Å². The summed E-state index contributed by atoms with van der Waals surface area (Å²) in [7, 11) is 0.